The molecule has 0 saturated carbocycles. The lowest BCUT2D eigenvalue weighted by Gasteiger charge is -2.18. The number of nitriles is 1. The second-order valence-electron chi connectivity index (χ2n) is 6.32. The summed E-state index contributed by atoms with van der Waals surface area (Å²) >= 11 is 0. The zero-order chi connectivity index (χ0) is 19.8. The van der Waals surface area contributed by atoms with Crippen LogP contribution in [0, 0.1) is 24.1 Å². The van der Waals surface area contributed by atoms with Crippen LogP contribution in [0.3, 0.4) is 0 Å². The molecule has 2 aromatic rings. The molecule has 1 aromatic heterocycles. The van der Waals surface area contributed by atoms with Gasteiger partial charge < -0.3 is 5.11 Å². The van der Waals surface area contributed by atoms with Gasteiger partial charge in [-0.25, -0.2) is 12.8 Å². The maximum Gasteiger partial charge on any atom is 0.271 e. The molecule has 9 heteroatoms. The normalized spacial score (nSPS) is 18.6. The van der Waals surface area contributed by atoms with Gasteiger partial charge in [-0.2, -0.15) is 5.26 Å². The Kier molecular flexibility index (Phi) is 4.85. The lowest BCUT2D eigenvalue weighted by molar-refractivity contribution is 0.379. The largest absolute Gasteiger partial charge is 0.494 e. The molecular formula is C18H16FN3O4S. The van der Waals surface area contributed by atoms with Crippen molar-refractivity contribution < 1.29 is 17.9 Å². The molecule has 0 radical (unpaired) electrons. The van der Waals surface area contributed by atoms with Gasteiger partial charge in [-0.05, 0) is 43.2 Å². The minimum Gasteiger partial charge on any atom is -0.494 e. The minimum absolute atomic E-state index is 0.0850. The first kappa shape index (κ1) is 18.8. The number of nitrogens with zero attached hydrogens (tertiary/aromatic N) is 3. The molecule has 27 heavy (non-hydrogen) atoms. The second kappa shape index (κ2) is 6.96. The van der Waals surface area contributed by atoms with Crippen LogP contribution in [0.4, 0.5) is 10.1 Å². The highest BCUT2D eigenvalue weighted by atomic mass is 32.2. The Labute approximate surface area is 155 Å². The van der Waals surface area contributed by atoms with Crippen LogP contribution in [0.15, 0.2) is 34.1 Å². The molecule has 140 valence electrons. The average molecular weight is 389 g/mol. The summed E-state index contributed by atoms with van der Waals surface area (Å²) in [6, 6.07) is 6.39. The Balaban J connectivity index is 2.14. The summed E-state index contributed by atoms with van der Waals surface area (Å²) in [5.41, 5.74) is -0.121. The van der Waals surface area contributed by atoms with E-state index in [2.05, 4.69) is 4.99 Å². The summed E-state index contributed by atoms with van der Waals surface area (Å²) < 4.78 is 37.5. The van der Waals surface area contributed by atoms with Crippen molar-refractivity contribution in [1.82, 2.24) is 4.57 Å². The van der Waals surface area contributed by atoms with E-state index in [0.29, 0.717) is 5.69 Å². The standard InChI is InChI=1S/C18H16FN3O4S/c1-11-15(8-20)17(23)22(14-6-7-27(25,26)10-14)18(24)16(11)9-21-13-4-2-12(19)3-5-13/h2-5,9,14,24H,6-7,10H2,1H3/t14-/m1/s1. The van der Waals surface area contributed by atoms with Crippen LogP contribution in [-0.4, -0.2) is 35.8 Å². The summed E-state index contributed by atoms with van der Waals surface area (Å²) in [5, 5.41) is 20.0. The summed E-state index contributed by atoms with van der Waals surface area (Å²) in [5.74, 6) is -1.22. The van der Waals surface area contributed by atoms with Gasteiger partial charge in [0.2, 0.25) is 5.88 Å². The summed E-state index contributed by atoms with van der Waals surface area (Å²) in [4.78, 5) is 16.7. The molecule has 1 atom stereocenters. The molecule has 3 rings (SSSR count). The van der Waals surface area contributed by atoms with Crippen molar-refractivity contribution in [2.24, 2.45) is 4.99 Å². The number of aromatic nitrogens is 1. The van der Waals surface area contributed by atoms with E-state index in [0.717, 1.165) is 4.57 Å². The molecular weight excluding hydrogens is 373 g/mol. The van der Waals surface area contributed by atoms with Crippen molar-refractivity contribution in [3.63, 3.8) is 0 Å². The number of pyridine rings is 1. The highest BCUT2D eigenvalue weighted by molar-refractivity contribution is 7.91. The van der Waals surface area contributed by atoms with Gasteiger partial charge in [0.1, 0.15) is 17.4 Å². The van der Waals surface area contributed by atoms with Gasteiger partial charge in [0, 0.05) is 6.21 Å². The highest BCUT2D eigenvalue weighted by Gasteiger charge is 2.33. The lowest BCUT2D eigenvalue weighted by Crippen LogP contribution is -2.29. The maximum absolute atomic E-state index is 13.0. The van der Waals surface area contributed by atoms with Crippen molar-refractivity contribution in [2.45, 2.75) is 19.4 Å². The zero-order valence-electron chi connectivity index (χ0n) is 14.4. The fourth-order valence-electron chi connectivity index (χ4n) is 3.08. The van der Waals surface area contributed by atoms with E-state index in [9.17, 15) is 28.0 Å². The predicted molar refractivity (Wildman–Crippen MR) is 97.8 cm³/mol. The molecule has 1 aromatic carbocycles. The van der Waals surface area contributed by atoms with Crippen LogP contribution < -0.4 is 5.56 Å². The Morgan fingerprint density at radius 3 is 2.59 bits per heavy atom. The van der Waals surface area contributed by atoms with Crippen molar-refractivity contribution >= 4 is 21.7 Å². The van der Waals surface area contributed by atoms with E-state index in [4.69, 9.17) is 0 Å². The third-order valence-electron chi connectivity index (χ3n) is 4.54. The van der Waals surface area contributed by atoms with Crippen molar-refractivity contribution in [3.05, 3.63) is 57.1 Å². The average Bonchev–Trinajstić information content (AvgIpc) is 2.96. The van der Waals surface area contributed by atoms with E-state index in [1.807, 2.05) is 6.07 Å². The van der Waals surface area contributed by atoms with Gasteiger partial charge in [-0.3, -0.25) is 14.4 Å². The zero-order valence-corrected chi connectivity index (χ0v) is 15.2. The number of hydrogen-bond donors (Lipinski definition) is 1. The van der Waals surface area contributed by atoms with Crippen LogP contribution >= 0.6 is 0 Å². The van der Waals surface area contributed by atoms with Gasteiger partial charge in [0.15, 0.2) is 9.84 Å². The number of halogens is 1. The van der Waals surface area contributed by atoms with E-state index in [1.54, 1.807) is 0 Å². The summed E-state index contributed by atoms with van der Waals surface area (Å²) in [6.07, 6.45) is 1.45. The van der Waals surface area contributed by atoms with Crippen LogP contribution in [0.1, 0.15) is 29.2 Å². The van der Waals surface area contributed by atoms with E-state index in [1.165, 1.54) is 37.4 Å². The first-order chi connectivity index (χ1) is 12.7. The molecule has 1 saturated heterocycles. The monoisotopic (exact) mass is 389 g/mol. The molecule has 1 aliphatic heterocycles. The summed E-state index contributed by atoms with van der Waals surface area (Å²) in [7, 11) is -3.30. The highest BCUT2D eigenvalue weighted by Crippen LogP contribution is 2.29. The fourth-order valence-corrected chi connectivity index (χ4v) is 4.78. The van der Waals surface area contributed by atoms with Gasteiger partial charge >= 0.3 is 0 Å². The quantitative estimate of drug-likeness (QED) is 0.807. The molecule has 0 amide bonds. The van der Waals surface area contributed by atoms with E-state index < -0.39 is 33.1 Å². The van der Waals surface area contributed by atoms with Gasteiger partial charge in [0.25, 0.3) is 5.56 Å². The minimum atomic E-state index is -3.30. The molecule has 2 heterocycles. The van der Waals surface area contributed by atoms with Crippen LogP contribution in [0.2, 0.25) is 0 Å². The molecule has 1 N–H and O–H groups in total. The van der Waals surface area contributed by atoms with Crippen molar-refractivity contribution in [3.8, 4) is 11.9 Å². The molecule has 0 unspecified atom stereocenters. The van der Waals surface area contributed by atoms with Gasteiger partial charge in [0.05, 0.1) is 28.8 Å². The first-order valence-electron chi connectivity index (χ1n) is 8.11. The molecule has 1 fully saturated rings. The van der Waals surface area contributed by atoms with Crippen LogP contribution in [0.5, 0.6) is 5.88 Å². The predicted octanol–water partition coefficient (Wildman–Crippen LogP) is 1.98. The third-order valence-corrected chi connectivity index (χ3v) is 6.29. The van der Waals surface area contributed by atoms with Crippen molar-refractivity contribution in [1.29, 1.82) is 5.26 Å². The number of sulfone groups is 1. The molecule has 0 aliphatic carbocycles. The molecule has 0 bridgehead atoms. The van der Waals surface area contributed by atoms with E-state index >= 15 is 0 Å². The number of aromatic hydroxyl groups is 1. The summed E-state index contributed by atoms with van der Waals surface area (Å²) in [6.45, 7) is 1.50. The van der Waals surface area contributed by atoms with Crippen molar-refractivity contribution in [2.75, 3.05) is 11.5 Å². The van der Waals surface area contributed by atoms with E-state index in [-0.39, 0.29) is 34.6 Å². The smallest absolute Gasteiger partial charge is 0.271 e. The second-order valence-corrected chi connectivity index (χ2v) is 8.54. The fraction of sp³-hybridized carbons (Fsp3) is 0.278. The Morgan fingerprint density at radius 2 is 2.04 bits per heavy atom. The molecule has 1 aliphatic rings. The lowest BCUT2D eigenvalue weighted by atomic mass is 10.0. The van der Waals surface area contributed by atoms with Gasteiger partial charge in [-0.15, -0.1) is 0 Å². The number of rotatable bonds is 3. The Hall–Kier alpha value is -2.99. The van der Waals surface area contributed by atoms with Crippen LogP contribution in [0.25, 0.3) is 0 Å². The molecule has 0 spiro atoms. The SMILES string of the molecule is Cc1c(C=Nc2ccc(F)cc2)c(O)n([C@@H]2CCS(=O)(=O)C2)c(=O)c1C#N. The maximum atomic E-state index is 13.0. The number of aliphatic imine (C=N–C) groups is 1. The Bertz CT molecular complexity index is 1130. The third kappa shape index (κ3) is 3.61. The van der Waals surface area contributed by atoms with Gasteiger partial charge in [-0.1, -0.05) is 0 Å². The van der Waals surface area contributed by atoms with Crippen LogP contribution in [-0.2, 0) is 9.84 Å². The Morgan fingerprint density at radius 1 is 1.37 bits per heavy atom. The first-order valence-corrected chi connectivity index (χ1v) is 9.94. The number of benzene rings is 1. The number of hydrogen-bond acceptors (Lipinski definition) is 6. The molecule has 7 nitrogen and oxygen atoms in total. The topological polar surface area (TPSA) is 113 Å².